The molecule has 0 radical (unpaired) electrons. The van der Waals surface area contributed by atoms with E-state index in [0.29, 0.717) is 39.4 Å². The number of rotatable bonds is 5. The summed E-state index contributed by atoms with van der Waals surface area (Å²) in [6.07, 6.45) is 0. The van der Waals surface area contributed by atoms with E-state index >= 15 is 0 Å². The summed E-state index contributed by atoms with van der Waals surface area (Å²) in [6.45, 7) is 4.65. The molecular formula is C27H23Cl2N3O2S. The van der Waals surface area contributed by atoms with Crippen molar-refractivity contribution in [2.75, 3.05) is 36.0 Å². The quantitative estimate of drug-likeness (QED) is 0.383. The molecule has 3 aromatic carbocycles. The molecule has 178 valence electrons. The molecule has 1 saturated heterocycles. The number of halogens is 2. The molecule has 0 aliphatic carbocycles. The number of hydrogen-bond donors (Lipinski definition) is 0. The van der Waals surface area contributed by atoms with Gasteiger partial charge in [-0.05, 0) is 67.1 Å². The number of thioether (sulfide) groups is 1. The number of benzene rings is 3. The minimum absolute atomic E-state index is 0.301. The third-order valence-corrected chi connectivity index (χ3v) is 7.74. The maximum Gasteiger partial charge on any atom is 0.283 e. The van der Waals surface area contributed by atoms with Gasteiger partial charge in [0.2, 0.25) is 0 Å². The fourth-order valence-corrected chi connectivity index (χ4v) is 5.76. The SMILES string of the molecule is Cc1cc(Cl)ccc1N1C(=O)C(Sc2ccc(Cl)cc2)=C(N2CCN(c3ccccc3)CC2)C1=O. The Balaban J connectivity index is 1.47. The first-order valence-corrected chi connectivity index (χ1v) is 12.9. The van der Waals surface area contributed by atoms with Crippen molar-refractivity contribution in [1.82, 2.24) is 4.90 Å². The van der Waals surface area contributed by atoms with Gasteiger partial charge in [-0.15, -0.1) is 0 Å². The lowest BCUT2D eigenvalue weighted by Gasteiger charge is -2.37. The van der Waals surface area contributed by atoms with Crippen LogP contribution in [-0.2, 0) is 9.59 Å². The summed E-state index contributed by atoms with van der Waals surface area (Å²) >= 11 is 13.5. The first-order valence-electron chi connectivity index (χ1n) is 11.3. The number of carbonyl (C=O) groups is 2. The molecular weight excluding hydrogens is 501 g/mol. The lowest BCUT2D eigenvalue weighted by atomic mass is 10.2. The van der Waals surface area contributed by atoms with E-state index in [9.17, 15) is 9.59 Å². The normalized spacial score (nSPS) is 16.5. The summed E-state index contributed by atoms with van der Waals surface area (Å²) in [7, 11) is 0. The summed E-state index contributed by atoms with van der Waals surface area (Å²) in [5, 5.41) is 1.18. The van der Waals surface area contributed by atoms with Gasteiger partial charge in [-0.3, -0.25) is 9.59 Å². The van der Waals surface area contributed by atoms with E-state index in [-0.39, 0.29) is 11.8 Å². The number of amides is 2. The molecule has 2 heterocycles. The number of hydrogen-bond acceptors (Lipinski definition) is 5. The van der Waals surface area contributed by atoms with E-state index in [2.05, 4.69) is 17.0 Å². The maximum absolute atomic E-state index is 13.8. The molecule has 3 aromatic rings. The van der Waals surface area contributed by atoms with Crippen molar-refractivity contribution in [3.05, 3.63) is 99.0 Å². The van der Waals surface area contributed by atoms with Crippen molar-refractivity contribution in [2.24, 2.45) is 0 Å². The Morgan fingerprint density at radius 3 is 2.03 bits per heavy atom. The predicted molar refractivity (Wildman–Crippen MR) is 143 cm³/mol. The lowest BCUT2D eigenvalue weighted by Crippen LogP contribution is -2.47. The first-order chi connectivity index (χ1) is 16.9. The van der Waals surface area contributed by atoms with Crippen molar-refractivity contribution in [3.63, 3.8) is 0 Å². The number of para-hydroxylation sites is 1. The molecule has 8 heteroatoms. The van der Waals surface area contributed by atoms with Gasteiger partial charge in [0.15, 0.2) is 0 Å². The van der Waals surface area contributed by atoms with Gasteiger partial charge in [0.25, 0.3) is 11.8 Å². The minimum Gasteiger partial charge on any atom is -0.368 e. The molecule has 1 fully saturated rings. The Morgan fingerprint density at radius 1 is 0.743 bits per heavy atom. The third kappa shape index (κ3) is 4.79. The molecule has 0 bridgehead atoms. The molecule has 2 aliphatic heterocycles. The molecule has 5 nitrogen and oxygen atoms in total. The van der Waals surface area contributed by atoms with Gasteiger partial charge in [0, 0.05) is 46.8 Å². The Bertz CT molecular complexity index is 1300. The average Bonchev–Trinajstić information content (AvgIpc) is 3.10. The van der Waals surface area contributed by atoms with Crippen molar-refractivity contribution in [1.29, 1.82) is 0 Å². The monoisotopic (exact) mass is 523 g/mol. The summed E-state index contributed by atoms with van der Waals surface area (Å²) in [6, 6.07) is 22.7. The van der Waals surface area contributed by atoms with Crippen LogP contribution in [0.2, 0.25) is 10.0 Å². The maximum atomic E-state index is 13.8. The highest BCUT2D eigenvalue weighted by atomic mass is 35.5. The van der Waals surface area contributed by atoms with Gasteiger partial charge in [-0.1, -0.05) is 53.2 Å². The third-order valence-electron chi connectivity index (χ3n) is 6.17. The van der Waals surface area contributed by atoms with E-state index in [4.69, 9.17) is 23.2 Å². The van der Waals surface area contributed by atoms with Gasteiger partial charge in [-0.2, -0.15) is 0 Å². The highest BCUT2D eigenvalue weighted by Crippen LogP contribution is 2.40. The van der Waals surface area contributed by atoms with E-state index in [1.165, 1.54) is 16.7 Å². The smallest absolute Gasteiger partial charge is 0.283 e. The molecule has 2 aliphatic rings. The van der Waals surface area contributed by atoms with Gasteiger partial charge in [0.05, 0.1) is 5.69 Å². The predicted octanol–water partition coefficient (Wildman–Crippen LogP) is 6.00. The zero-order chi connectivity index (χ0) is 24.5. The van der Waals surface area contributed by atoms with Crippen LogP contribution in [0.4, 0.5) is 11.4 Å². The summed E-state index contributed by atoms with van der Waals surface area (Å²) in [5.74, 6) is -0.620. The van der Waals surface area contributed by atoms with Gasteiger partial charge in [0.1, 0.15) is 10.6 Å². The molecule has 0 N–H and O–H groups in total. The Labute approximate surface area is 218 Å². The molecule has 0 atom stereocenters. The summed E-state index contributed by atoms with van der Waals surface area (Å²) in [5.41, 5.74) is 2.93. The first kappa shape index (κ1) is 23.8. The minimum atomic E-state index is -0.319. The van der Waals surface area contributed by atoms with Crippen molar-refractivity contribution in [3.8, 4) is 0 Å². The second-order valence-corrected chi connectivity index (χ2v) is 10.4. The number of piperazine rings is 1. The van der Waals surface area contributed by atoms with Crippen LogP contribution >= 0.6 is 35.0 Å². The molecule has 0 aromatic heterocycles. The Hall–Kier alpha value is -2.93. The van der Waals surface area contributed by atoms with Crippen molar-refractivity contribution in [2.45, 2.75) is 11.8 Å². The zero-order valence-corrected chi connectivity index (χ0v) is 21.4. The van der Waals surface area contributed by atoms with Crippen LogP contribution < -0.4 is 9.80 Å². The van der Waals surface area contributed by atoms with Crippen LogP contribution in [0.15, 0.2) is 88.3 Å². The van der Waals surface area contributed by atoms with Crippen LogP contribution in [0.5, 0.6) is 0 Å². The molecule has 2 amide bonds. The van der Waals surface area contributed by atoms with E-state index in [0.717, 1.165) is 29.2 Å². The summed E-state index contributed by atoms with van der Waals surface area (Å²) in [4.78, 5) is 34.4. The van der Waals surface area contributed by atoms with E-state index < -0.39 is 0 Å². The Morgan fingerprint density at radius 2 is 1.37 bits per heavy atom. The highest BCUT2D eigenvalue weighted by Gasteiger charge is 2.43. The second kappa shape index (κ2) is 9.97. The number of carbonyl (C=O) groups excluding carboxylic acids is 2. The molecule has 5 rings (SSSR count). The Kier molecular flexibility index (Phi) is 6.78. The van der Waals surface area contributed by atoms with Crippen LogP contribution in [0.25, 0.3) is 0 Å². The number of aryl methyl sites for hydroxylation is 1. The molecule has 0 spiro atoms. The second-order valence-electron chi connectivity index (χ2n) is 8.42. The van der Waals surface area contributed by atoms with Crippen LogP contribution in [-0.4, -0.2) is 42.9 Å². The van der Waals surface area contributed by atoms with Crippen LogP contribution in [0.3, 0.4) is 0 Å². The molecule has 35 heavy (non-hydrogen) atoms. The highest BCUT2D eigenvalue weighted by molar-refractivity contribution is 8.04. The summed E-state index contributed by atoms with van der Waals surface area (Å²) < 4.78 is 0. The van der Waals surface area contributed by atoms with E-state index in [1.807, 2.05) is 42.2 Å². The molecule has 0 saturated carbocycles. The standard InChI is InChI=1S/C27H23Cl2N3O2S/c1-18-17-20(29)9-12-23(18)32-26(33)24(25(27(32)34)35-22-10-7-19(28)8-11-22)31-15-13-30(14-16-31)21-5-3-2-4-6-21/h2-12,17H,13-16H2,1H3. The fourth-order valence-electron chi connectivity index (χ4n) is 4.41. The van der Waals surface area contributed by atoms with Crippen molar-refractivity contribution < 1.29 is 9.59 Å². The van der Waals surface area contributed by atoms with E-state index in [1.54, 1.807) is 30.3 Å². The fraction of sp³-hybridized carbons (Fsp3) is 0.185. The average molecular weight is 524 g/mol. The lowest BCUT2D eigenvalue weighted by molar-refractivity contribution is -0.121. The number of anilines is 2. The topological polar surface area (TPSA) is 43.9 Å². The van der Waals surface area contributed by atoms with Crippen LogP contribution in [0, 0.1) is 6.92 Å². The largest absolute Gasteiger partial charge is 0.368 e. The van der Waals surface area contributed by atoms with Gasteiger partial charge >= 0.3 is 0 Å². The van der Waals surface area contributed by atoms with Crippen LogP contribution in [0.1, 0.15) is 5.56 Å². The number of nitrogens with zero attached hydrogens (tertiary/aromatic N) is 3. The van der Waals surface area contributed by atoms with Gasteiger partial charge in [-0.25, -0.2) is 4.90 Å². The zero-order valence-electron chi connectivity index (χ0n) is 19.1. The van der Waals surface area contributed by atoms with Gasteiger partial charge < -0.3 is 9.80 Å². The number of imide groups is 1. The molecule has 0 unspecified atom stereocenters. The van der Waals surface area contributed by atoms with Crippen molar-refractivity contribution >= 4 is 58.2 Å².